The molecule has 20 heavy (non-hydrogen) atoms. The Hall–Kier alpha value is -1.02. The van der Waals surface area contributed by atoms with Gasteiger partial charge in [0.15, 0.2) is 0 Å². The van der Waals surface area contributed by atoms with Crippen LogP contribution in [0.4, 0.5) is 0 Å². The first-order valence-electron chi connectivity index (χ1n) is 8.35. The molecule has 0 saturated heterocycles. The van der Waals surface area contributed by atoms with Crippen LogP contribution in [0.3, 0.4) is 0 Å². The maximum atomic E-state index is 5.83. The Morgan fingerprint density at radius 2 is 1.95 bits per heavy atom. The predicted molar refractivity (Wildman–Crippen MR) is 81.4 cm³/mol. The Morgan fingerprint density at radius 3 is 2.80 bits per heavy atom. The fourth-order valence-electron chi connectivity index (χ4n) is 4.94. The van der Waals surface area contributed by atoms with E-state index < -0.39 is 0 Å². The lowest BCUT2D eigenvalue weighted by molar-refractivity contribution is 0.0981. The number of hydrogen-bond donors (Lipinski definition) is 0. The van der Waals surface area contributed by atoms with E-state index in [4.69, 9.17) is 4.42 Å². The highest BCUT2D eigenvalue weighted by Crippen LogP contribution is 2.48. The molecule has 0 aromatic carbocycles. The molecule has 4 rings (SSSR count). The van der Waals surface area contributed by atoms with Crippen molar-refractivity contribution in [2.45, 2.75) is 63.5 Å². The van der Waals surface area contributed by atoms with Gasteiger partial charge in [0.2, 0.25) is 0 Å². The molecule has 0 bridgehead atoms. The molecule has 0 amide bonds. The van der Waals surface area contributed by atoms with E-state index in [2.05, 4.69) is 24.1 Å². The Morgan fingerprint density at radius 1 is 1.10 bits per heavy atom. The molecule has 3 atom stereocenters. The fraction of sp³-hybridized carbons (Fsp3) is 0.667. The van der Waals surface area contributed by atoms with Crippen molar-refractivity contribution in [3.63, 3.8) is 0 Å². The average Bonchev–Trinajstić information content (AvgIpc) is 3.02. The van der Waals surface area contributed by atoms with Crippen molar-refractivity contribution >= 4 is 5.57 Å². The lowest BCUT2D eigenvalue weighted by atomic mass is 9.69. The SMILES string of the molecule is CN1C2CCCCC2=C(c2ccco2)C2CCCCC21. The van der Waals surface area contributed by atoms with Crippen LogP contribution >= 0.6 is 0 Å². The minimum atomic E-state index is 0.684. The van der Waals surface area contributed by atoms with Gasteiger partial charge in [0.05, 0.1) is 6.26 Å². The molecule has 108 valence electrons. The quantitative estimate of drug-likeness (QED) is 0.748. The van der Waals surface area contributed by atoms with Gasteiger partial charge in [-0.05, 0) is 56.9 Å². The topological polar surface area (TPSA) is 16.4 Å². The second-order valence-electron chi connectivity index (χ2n) is 6.80. The van der Waals surface area contributed by atoms with Crippen LogP contribution in [0.1, 0.15) is 57.1 Å². The summed E-state index contributed by atoms with van der Waals surface area (Å²) in [6.45, 7) is 0. The summed E-state index contributed by atoms with van der Waals surface area (Å²) < 4.78 is 5.83. The van der Waals surface area contributed by atoms with Gasteiger partial charge in [-0.2, -0.15) is 0 Å². The highest BCUT2D eigenvalue weighted by Gasteiger charge is 2.43. The second kappa shape index (κ2) is 5.07. The average molecular weight is 271 g/mol. The molecule has 2 nitrogen and oxygen atoms in total. The third-order valence-electron chi connectivity index (χ3n) is 5.82. The van der Waals surface area contributed by atoms with Crippen molar-refractivity contribution in [1.82, 2.24) is 4.90 Å². The molecule has 1 aromatic rings. The Bertz CT molecular complexity index is 501. The van der Waals surface area contributed by atoms with E-state index in [1.54, 1.807) is 11.1 Å². The Kier molecular flexibility index (Phi) is 3.22. The summed E-state index contributed by atoms with van der Waals surface area (Å²) in [6, 6.07) is 5.67. The maximum absolute atomic E-state index is 5.83. The van der Waals surface area contributed by atoms with E-state index in [9.17, 15) is 0 Å². The zero-order valence-electron chi connectivity index (χ0n) is 12.5. The van der Waals surface area contributed by atoms with Gasteiger partial charge in [-0.15, -0.1) is 0 Å². The van der Waals surface area contributed by atoms with Crippen LogP contribution in [-0.4, -0.2) is 24.0 Å². The minimum Gasteiger partial charge on any atom is -0.465 e. The molecule has 2 saturated carbocycles. The molecular formula is C18H25NO. The summed E-state index contributed by atoms with van der Waals surface area (Å²) in [5.41, 5.74) is 3.30. The molecule has 1 aliphatic heterocycles. The molecule has 0 radical (unpaired) electrons. The summed E-state index contributed by atoms with van der Waals surface area (Å²) in [5.74, 6) is 1.88. The van der Waals surface area contributed by atoms with E-state index in [-0.39, 0.29) is 0 Å². The maximum Gasteiger partial charge on any atom is 0.130 e. The second-order valence-corrected chi connectivity index (χ2v) is 6.80. The smallest absolute Gasteiger partial charge is 0.130 e. The summed E-state index contributed by atoms with van der Waals surface area (Å²) >= 11 is 0. The van der Waals surface area contributed by atoms with Crippen LogP contribution in [0.25, 0.3) is 5.57 Å². The highest BCUT2D eigenvalue weighted by atomic mass is 16.3. The zero-order valence-corrected chi connectivity index (χ0v) is 12.5. The van der Waals surface area contributed by atoms with E-state index in [1.165, 1.54) is 51.4 Å². The molecular weight excluding hydrogens is 246 g/mol. The lowest BCUT2D eigenvalue weighted by Gasteiger charge is -2.50. The number of rotatable bonds is 1. The van der Waals surface area contributed by atoms with Gasteiger partial charge in [0.25, 0.3) is 0 Å². The van der Waals surface area contributed by atoms with Gasteiger partial charge >= 0.3 is 0 Å². The molecule has 2 heterocycles. The molecule has 2 heteroatoms. The van der Waals surface area contributed by atoms with E-state index in [0.717, 1.165) is 11.8 Å². The van der Waals surface area contributed by atoms with Gasteiger partial charge in [-0.1, -0.05) is 19.3 Å². The van der Waals surface area contributed by atoms with Crippen LogP contribution < -0.4 is 0 Å². The third-order valence-corrected chi connectivity index (χ3v) is 5.82. The van der Waals surface area contributed by atoms with Crippen molar-refractivity contribution in [1.29, 1.82) is 0 Å². The Labute approximate surface area is 121 Å². The van der Waals surface area contributed by atoms with Crippen molar-refractivity contribution < 1.29 is 4.42 Å². The number of hydrogen-bond acceptors (Lipinski definition) is 2. The van der Waals surface area contributed by atoms with Crippen LogP contribution in [0.15, 0.2) is 28.4 Å². The largest absolute Gasteiger partial charge is 0.465 e. The molecule has 2 aliphatic carbocycles. The van der Waals surface area contributed by atoms with Gasteiger partial charge in [-0.3, -0.25) is 4.90 Å². The van der Waals surface area contributed by atoms with Gasteiger partial charge < -0.3 is 4.42 Å². The van der Waals surface area contributed by atoms with Crippen molar-refractivity contribution in [3.8, 4) is 0 Å². The van der Waals surface area contributed by atoms with Crippen LogP contribution in [0.2, 0.25) is 0 Å². The lowest BCUT2D eigenvalue weighted by Crippen LogP contribution is -2.51. The van der Waals surface area contributed by atoms with Gasteiger partial charge in [-0.25, -0.2) is 0 Å². The number of furan rings is 1. The van der Waals surface area contributed by atoms with Crippen molar-refractivity contribution in [2.75, 3.05) is 7.05 Å². The van der Waals surface area contributed by atoms with E-state index >= 15 is 0 Å². The monoisotopic (exact) mass is 271 g/mol. The molecule has 0 N–H and O–H groups in total. The Balaban J connectivity index is 1.84. The summed E-state index contributed by atoms with van der Waals surface area (Å²) in [5, 5.41) is 0. The summed E-state index contributed by atoms with van der Waals surface area (Å²) in [4.78, 5) is 2.71. The molecule has 3 aliphatic rings. The van der Waals surface area contributed by atoms with Crippen LogP contribution in [-0.2, 0) is 0 Å². The van der Waals surface area contributed by atoms with Crippen molar-refractivity contribution in [3.05, 3.63) is 29.7 Å². The predicted octanol–water partition coefficient (Wildman–Crippen LogP) is 4.48. The third kappa shape index (κ3) is 1.88. The standard InChI is InChI=1S/C18H25NO/c1-19-15-9-4-2-7-13(15)18(17-11-6-12-20-17)14-8-3-5-10-16(14)19/h6,11-13,15-16H,2-5,7-10H2,1H3. The molecule has 1 aromatic heterocycles. The van der Waals surface area contributed by atoms with E-state index in [1.807, 2.05) is 6.26 Å². The molecule has 2 fully saturated rings. The normalized spacial score (nSPS) is 34.8. The zero-order chi connectivity index (χ0) is 13.5. The first-order valence-corrected chi connectivity index (χ1v) is 8.35. The summed E-state index contributed by atoms with van der Waals surface area (Å²) in [6.07, 6.45) is 12.7. The van der Waals surface area contributed by atoms with Gasteiger partial charge in [0.1, 0.15) is 5.76 Å². The fourth-order valence-corrected chi connectivity index (χ4v) is 4.94. The first-order chi connectivity index (χ1) is 9.86. The number of nitrogens with zero attached hydrogens (tertiary/aromatic N) is 1. The van der Waals surface area contributed by atoms with Gasteiger partial charge in [0, 0.05) is 23.6 Å². The van der Waals surface area contributed by atoms with E-state index in [0.29, 0.717) is 12.0 Å². The first kappa shape index (κ1) is 12.7. The number of fused-ring (bicyclic) bond motifs is 2. The van der Waals surface area contributed by atoms with Crippen molar-refractivity contribution in [2.24, 2.45) is 5.92 Å². The van der Waals surface area contributed by atoms with Crippen LogP contribution in [0.5, 0.6) is 0 Å². The number of likely N-dealkylation sites (N-methyl/N-ethyl adjacent to an activating group) is 1. The highest BCUT2D eigenvalue weighted by molar-refractivity contribution is 5.70. The molecule has 0 spiro atoms. The minimum absolute atomic E-state index is 0.684. The van der Waals surface area contributed by atoms with Crippen LogP contribution in [0, 0.1) is 5.92 Å². The molecule has 3 unspecified atom stereocenters. The summed E-state index contributed by atoms with van der Waals surface area (Å²) in [7, 11) is 2.37.